The Morgan fingerprint density at radius 2 is 2.20 bits per heavy atom. The summed E-state index contributed by atoms with van der Waals surface area (Å²) < 4.78 is 0.933. The Morgan fingerprint density at radius 1 is 1.45 bits per heavy atom. The summed E-state index contributed by atoms with van der Waals surface area (Å²) in [6.45, 7) is 6.19. The molecule has 0 saturated carbocycles. The van der Waals surface area contributed by atoms with Crippen molar-refractivity contribution < 1.29 is 4.79 Å². The Labute approximate surface area is 127 Å². The molecule has 104 valence electrons. The van der Waals surface area contributed by atoms with Crippen LogP contribution in [0.1, 0.15) is 5.69 Å². The van der Waals surface area contributed by atoms with E-state index in [1.54, 1.807) is 22.3 Å². The molecule has 0 aliphatic rings. The van der Waals surface area contributed by atoms with Gasteiger partial charge in [-0.2, -0.15) is 0 Å². The summed E-state index contributed by atoms with van der Waals surface area (Å²) in [5.41, 5.74) is 1.89. The third-order valence-corrected chi connectivity index (χ3v) is 4.72. The zero-order valence-corrected chi connectivity index (χ0v) is 12.9. The van der Waals surface area contributed by atoms with Gasteiger partial charge in [-0.1, -0.05) is 36.0 Å². The zero-order chi connectivity index (χ0) is 14.4. The van der Waals surface area contributed by atoms with Gasteiger partial charge in [-0.15, -0.1) is 17.9 Å². The van der Waals surface area contributed by atoms with E-state index in [0.29, 0.717) is 12.3 Å². The third kappa shape index (κ3) is 3.95. The van der Waals surface area contributed by atoms with Crippen LogP contribution in [0.3, 0.4) is 0 Å². The Hall–Kier alpha value is -1.59. The van der Waals surface area contributed by atoms with E-state index in [-0.39, 0.29) is 5.91 Å². The standard InChI is InChI=1S/C15H16N2OS2/c1-3-9-17(13-7-5-4-6-8-13)14(18)11-20-15-16-12(2)10-19-15/h3-8,10H,1,9,11H2,2H3. The summed E-state index contributed by atoms with van der Waals surface area (Å²) in [6.07, 6.45) is 1.74. The maximum absolute atomic E-state index is 12.3. The maximum Gasteiger partial charge on any atom is 0.237 e. The number of para-hydroxylation sites is 1. The number of amides is 1. The van der Waals surface area contributed by atoms with Crippen LogP contribution < -0.4 is 4.90 Å². The van der Waals surface area contributed by atoms with Crippen LogP contribution in [-0.2, 0) is 4.79 Å². The first kappa shape index (κ1) is 14.8. The maximum atomic E-state index is 12.3. The van der Waals surface area contributed by atoms with E-state index >= 15 is 0 Å². The van der Waals surface area contributed by atoms with Crippen LogP contribution in [0.25, 0.3) is 0 Å². The molecule has 0 unspecified atom stereocenters. The Bertz CT molecular complexity index is 581. The van der Waals surface area contributed by atoms with Crippen LogP contribution >= 0.6 is 23.1 Å². The number of hydrogen-bond acceptors (Lipinski definition) is 4. The summed E-state index contributed by atoms with van der Waals surface area (Å²) in [4.78, 5) is 18.4. The molecule has 1 amide bonds. The molecular formula is C15H16N2OS2. The molecule has 0 N–H and O–H groups in total. The molecule has 0 atom stereocenters. The smallest absolute Gasteiger partial charge is 0.237 e. The first-order valence-electron chi connectivity index (χ1n) is 6.22. The highest BCUT2D eigenvalue weighted by molar-refractivity contribution is 8.01. The molecule has 2 aromatic rings. The molecule has 0 fully saturated rings. The molecule has 0 aliphatic carbocycles. The summed E-state index contributed by atoms with van der Waals surface area (Å²) >= 11 is 3.05. The first-order valence-corrected chi connectivity index (χ1v) is 8.08. The minimum absolute atomic E-state index is 0.0638. The van der Waals surface area contributed by atoms with E-state index in [0.717, 1.165) is 15.7 Å². The fourth-order valence-electron chi connectivity index (χ4n) is 1.69. The number of nitrogens with zero attached hydrogens (tertiary/aromatic N) is 2. The predicted molar refractivity (Wildman–Crippen MR) is 86.6 cm³/mol. The number of hydrogen-bond donors (Lipinski definition) is 0. The van der Waals surface area contributed by atoms with Crippen LogP contribution in [0.5, 0.6) is 0 Å². The number of anilines is 1. The number of carbonyl (C=O) groups is 1. The lowest BCUT2D eigenvalue weighted by Gasteiger charge is -2.20. The van der Waals surface area contributed by atoms with Gasteiger partial charge in [0.05, 0.1) is 5.75 Å². The lowest BCUT2D eigenvalue weighted by Crippen LogP contribution is -2.32. The SMILES string of the molecule is C=CCN(C(=O)CSc1nc(C)cs1)c1ccccc1. The lowest BCUT2D eigenvalue weighted by atomic mass is 10.3. The van der Waals surface area contributed by atoms with Gasteiger partial charge in [0.25, 0.3) is 0 Å². The molecule has 0 spiro atoms. The largest absolute Gasteiger partial charge is 0.308 e. The molecule has 1 heterocycles. The summed E-state index contributed by atoms with van der Waals surface area (Å²) in [5.74, 6) is 0.448. The molecule has 0 saturated heterocycles. The second-order valence-corrected chi connectivity index (χ2v) is 6.25. The molecule has 3 nitrogen and oxygen atoms in total. The third-order valence-electron chi connectivity index (χ3n) is 2.60. The Kier molecular flexibility index (Phi) is 5.38. The second-order valence-electron chi connectivity index (χ2n) is 4.17. The van der Waals surface area contributed by atoms with Crippen molar-refractivity contribution in [2.24, 2.45) is 0 Å². The van der Waals surface area contributed by atoms with Gasteiger partial charge in [0.2, 0.25) is 5.91 Å². The van der Waals surface area contributed by atoms with Crippen molar-refractivity contribution in [2.45, 2.75) is 11.3 Å². The second kappa shape index (κ2) is 7.26. The molecule has 0 radical (unpaired) electrons. The number of aromatic nitrogens is 1. The highest BCUT2D eigenvalue weighted by atomic mass is 32.2. The summed E-state index contributed by atoms with van der Waals surface area (Å²) in [5, 5.41) is 1.99. The van der Waals surface area contributed by atoms with E-state index in [1.807, 2.05) is 42.6 Å². The van der Waals surface area contributed by atoms with Crippen molar-refractivity contribution in [2.75, 3.05) is 17.2 Å². The quantitative estimate of drug-likeness (QED) is 0.602. The number of rotatable bonds is 6. The highest BCUT2D eigenvalue weighted by Gasteiger charge is 2.15. The van der Waals surface area contributed by atoms with Gasteiger partial charge in [-0.25, -0.2) is 4.98 Å². The number of carbonyl (C=O) groups excluding carboxylic acids is 1. The molecule has 5 heteroatoms. The Balaban J connectivity index is 2.02. The lowest BCUT2D eigenvalue weighted by molar-refractivity contribution is -0.116. The molecule has 1 aromatic carbocycles. The molecular weight excluding hydrogens is 288 g/mol. The monoisotopic (exact) mass is 304 g/mol. The molecule has 2 rings (SSSR count). The number of aryl methyl sites for hydroxylation is 1. The van der Waals surface area contributed by atoms with Crippen molar-refractivity contribution in [1.82, 2.24) is 4.98 Å². The average molecular weight is 304 g/mol. The van der Waals surface area contributed by atoms with Crippen LogP contribution in [0, 0.1) is 6.92 Å². The van der Waals surface area contributed by atoms with Crippen LogP contribution in [0.2, 0.25) is 0 Å². The van der Waals surface area contributed by atoms with Crippen molar-refractivity contribution in [1.29, 1.82) is 0 Å². The van der Waals surface area contributed by atoms with Crippen molar-refractivity contribution >= 4 is 34.7 Å². The van der Waals surface area contributed by atoms with Crippen molar-refractivity contribution in [3.63, 3.8) is 0 Å². The van der Waals surface area contributed by atoms with E-state index in [2.05, 4.69) is 11.6 Å². The fraction of sp³-hybridized carbons (Fsp3) is 0.200. The zero-order valence-electron chi connectivity index (χ0n) is 11.3. The normalized spacial score (nSPS) is 10.2. The van der Waals surface area contributed by atoms with Gasteiger partial charge in [0, 0.05) is 23.3 Å². The summed E-state index contributed by atoms with van der Waals surface area (Å²) in [7, 11) is 0. The number of benzene rings is 1. The first-order chi connectivity index (χ1) is 9.70. The fourth-order valence-corrected chi connectivity index (χ4v) is 3.41. The van der Waals surface area contributed by atoms with Gasteiger partial charge < -0.3 is 4.90 Å². The summed E-state index contributed by atoms with van der Waals surface area (Å²) in [6, 6.07) is 9.65. The molecule has 20 heavy (non-hydrogen) atoms. The topological polar surface area (TPSA) is 33.2 Å². The molecule has 1 aromatic heterocycles. The van der Waals surface area contributed by atoms with E-state index < -0.39 is 0 Å². The van der Waals surface area contributed by atoms with Crippen molar-refractivity contribution in [3.05, 3.63) is 54.1 Å². The van der Waals surface area contributed by atoms with Gasteiger partial charge in [0.15, 0.2) is 4.34 Å². The van der Waals surface area contributed by atoms with Crippen LogP contribution in [0.15, 0.2) is 52.7 Å². The van der Waals surface area contributed by atoms with E-state index in [1.165, 1.54) is 11.8 Å². The van der Waals surface area contributed by atoms with Gasteiger partial charge in [-0.3, -0.25) is 4.79 Å². The van der Waals surface area contributed by atoms with Gasteiger partial charge in [-0.05, 0) is 19.1 Å². The highest BCUT2D eigenvalue weighted by Crippen LogP contribution is 2.23. The average Bonchev–Trinajstić information content (AvgIpc) is 2.89. The van der Waals surface area contributed by atoms with Crippen LogP contribution in [0.4, 0.5) is 5.69 Å². The molecule has 0 bridgehead atoms. The minimum Gasteiger partial charge on any atom is -0.308 e. The van der Waals surface area contributed by atoms with E-state index in [4.69, 9.17) is 0 Å². The Morgan fingerprint density at radius 3 is 2.80 bits per heavy atom. The number of thiazole rings is 1. The predicted octanol–water partition coefficient (Wildman–Crippen LogP) is 3.76. The van der Waals surface area contributed by atoms with Crippen LogP contribution in [-0.4, -0.2) is 23.2 Å². The van der Waals surface area contributed by atoms with Gasteiger partial charge >= 0.3 is 0 Å². The minimum atomic E-state index is 0.0638. The molecule has 0 aliphatic heterocycles. The van der Waals surface area contributed by atoms with E-state index in [9.17, 15) is 4.79 Å². The van der Waals surface area contributed by atoms with Gasteiger partial charge in [0.1, 0.15) is 0 Å². The van der Waals surface area contributed by atoms with Crippen molar-refractivity contribution in [3.8, 4) is 0 Å². The number of thioether (sulfide) groups is 1.